The Hall–Kier alpha value is -1.60. The topological polar surface area (TPSA) is 72.6 Å². The van der Waals surface area contributed by atoms with E-state index in [2.05, 4.69) is 4.99 Å². The summed E-state index contributed by atoms with van der Waals surface area (Å²) in [6.45, 7) is 0. The normalized spacial score (nSPS) is 17.1. The SMILES string of the molecule is CSC1=N/C(=C/c2ccccc2[N+](=O)[O-])C(=O)S1. The van der Waals surface area contributed by atoms with Crippen LogP contribution >= 0.6 is 23.5 Å². The summed E-state index contributed by atoms with van der Waals surface area (Å²) in [5, 5.41) is 10.7. The van der Waals surface area contributed by atoms with E-state index in [-0.39, 0.29) is 16.5 Å². The summed E-state index contributed by atoms with van der Waals surface area (Å²) in [4.78, 5) is 26.1. The number of hydrogen-bond donors (Lipinski definition) is 0. The van der Waals surface area contributed by atoms with E-state index in [4.69, 9.17) is 0 Å². The monoisotopic (exact) mass is 280 g/mol. The van der Waals surface area contributed by atoms with E-state index in [1.54, 1.807) is 18.2 Å². The fourth-order valence-electron chi connectivity index (χ4n) is 1.40. The number of para-hydroxylation sites is 1. The highest BCUT2D eigenvalue weighted by Gasteiger charge is 2.22. The van der Waals surface area contributed by atoms with E-state index >= 15 is 0 Å². The van der Waals surface area contributed by atoms with E-state index in [1.807, 2.05) is 6.26 Å². The van der Waals surface area contributed by atoms with Crippen molar-refractivity contribution in [2.45, 2.75) is 0 Å². The molecule has 1 aliphatic heterocycles. The van der Waals surface area contributed by atoms with E-state index < -0.39 is 4.92 Å². The zero-order valence-electron chi connectivity index (χ0n) is 9.32. The minimum Gasteiger partial charge on any atom is -0.279 e. The van der Waals surface area contributed by atoms with Crippen LogP contribution < -0.4 is 0 Å². The summed E-state index contributed by atoms with van der Waals surface area (Å²) in [6.07, 6.45) is 3.28. The van der Waals surface area contributed by atoms with Gasteiger partial charge in [0.2, 0.25) is 5.12 Å². The molecule has 0 spiro atoms. The van der Waals surface area contributed by atoms with Crippen LogP contribution in [-0.2, 0) is 4.79 Å². The minimum absolute atomic E-state index is 0.0319. The van der Waals surface area contributed by atoms with Crippen molar-refractivity contribution >= 4 is 44.8 Å². The number of thioether (sulfide) groups is 2. The molecule has 0 aromatic heterocycles. The van der Waals surface area contributed by atoms with Crippen LogP contribution in [0, 0.1) is 10.1 Å². The van der Waals surface area contributed by atoms with Crippen LogP contribution in [0.25, 0.3) is 6.08 Å². The first-order chi connectivity index (χ1) is 8.61. The smallest absolute Gasteiger partial charge is 0.276 e. The Morgan fingerprint density at radius 3 is 2.78 bits per heavy atom. The maximum absolute atomic E-state index is 11.6. The molecule has 1 aromatic carbocycles. The van der Waals surface area contributed by atoms with Gasteiger partial charge in [-0.05, 0) is 30.2 Å². The fraction of sp³-hybridized carbons (Fsp3) is 0.0909. The largest absolute Gasteiger partial charge is 0.279 e. The number of carbonyl (C=O) groups excluding carboxylic acids is 1. The van der Waals surface area contributed by atoms with Gasteiger partial charge in [-0.2, -0.15) is 0 Å². The van der Waals surface area contributed by atoms with Gasteiger partial charge in [0.1, 0.15) is 10.1 Å². The Balaban J connectivity index is 2.43. The van der Waals surface area contributed by atoms with Gasteiger partial charge in [-0.1, -0.05) is 12.1 Å². The summed E-state index contributed by atoms with van der Waals surface area (Å²) < 4.78 is 0.657. The molecule has 0 fully saturated rings. The molecular formula is C11H8N2O3S2. The first-order valence-electron chi connectivity index (χ1n) is 4.92. The molecule has 0 saturated heterocycles. The first kappa shape index (κ1) is 12.8. The number of nitro benzene ring substituents is 1. The van der Waals surface area contributed by atoms with Crippen molar-refractivity contribution in [3.8, 4) is 0 Å². The predicted octanol–water partition coefficient (Wildman–Crippen LogP) is 2.93. The van der Waals surface area contributed by atoms with Gasteiger partial charge in [-0.15, -0.1) is 11.8 Å². The summed E-state index contributed by atoms with van der Waals surface area (Å²) in [6, 6.07) is 6.26. The van der Waals surface area contributed by atoms with E-state index in [0.29, 0.717) is 9.94 Å². The molecule has 18 heavy (non-hydrogen) atoms. The van der Waals surface area contributed by atoms with Crippen LogP contribution in [0.3, 0.4) is 0 Å². The van der Waals surface area contributed by atoms with Gasteiger partial charge in [0.15, 0.2) is 0 Å². The van der Waals surface area contributed by atoms with Crippen LogP contribution in [0.5, 0.6) is 0 Å². The lowest BCUT2D eigenvalue weighted by atomic mass is 10.1. The van der Waals surface area contributed by atoms with Crippen molar-refractivity contribution in [1.82, 2.24) is 0 Å². The molecule has 0 aliphatic carbocycles. The molecule has 0 radical (unpaired) electrons. The molecule has 1 aliphatic rings. The Morgan fingerprint density at radius 2 is 2.17 bits per heavy atom. The zero-order valence-corrected chi connectivity index (χ0v) is 11.0. The molecule has 0 unspecified atom stereocenters. The summed E-state index contributed by atoms with van der Waals surface area (Å²) >= 11 is 2.42. The number of aliphatic imine (C=N–C) groups is 1. The molecule has 1 heterocycles. The number of nitrogens with zero attached hydrogens (tertiary/aromatic N) is 2. The lowest BCUT2D eigenvalue weighted by Crippen LogP contribution is -1.93. The Morgan fingerprint density at radius 1 is 1.44 bits per heavy atom. The maximum Gasteiger partial charge on any atom is 0.276 e. The quantitative estimate of drug-likeness (QED) is 0.473. The van der Waals surface area contributed by atoms with Gasteiger partial charge < -0.3 is 0 Å². The second-order valence-electron chi connectivity index (χ2n) is 3.32. The van der Waals surface area contributed by atoms with Gasteiger partial charge in [0, 0.05) is 6.07 Å². The van der Waals surface area contributed by atoms with Crippen LogP contribution in [0.1, 0.15) is 5.56 Å². The van der Waals surface area contributed by atoms with Crippen molar-refractivity contribution in [2.24, 2.45) is 4.99 Å². The number of benzene rings is 1. The van der Waals surface area contributed by atoms with Crippen molar-refractivity contribution in [2.75, 3.05) is 6.26 Å². The summed E-state index contributed by atoms with van der Waals surface area (Å²) in [5.74, 6) is 0. The Kier molecular flexibility index (Phi) is 3.83. The molecule has 0 bridgehead atoms. The second kappa shape index (κ2) is 5.36. The third-order valence-electron chi connectivity index (χ3n) is 2.20. The van der Waals surface area contributed by atoms with Crippen molar-refractivity contribution in [3.05, 3.63) is 45.6 Å². The molecule has 0 amide bonds. The molecule has 2 rings (SSSR count). The van der Waals surface area contributed by atoms with E-state index in [0.717, 1.165) is 11.8 Å². The van der Waals surface area contributed by atoms with E-state index in [1.165, 1.54) is 23.9 Å². The minimum atomic E-state index is -0.474. The van der Waals surface area contributed by atoms with E-state index in [9.17, 15) is 14.9 Å². The second-order valence-corrected chi connectivity index (χ2v) is 5.33. The van der Waals surface area contributed by atoms with Gasteiger partial charge in [-0.3, -0.25) is 14.9 Å². The highest BCUT2D eigenvalue weighted by molar-refractivity contribution is 8.45. The number of hydrogen-bond acceptors (Lipinski definition) is 6. The van der Waals surface area contributed by atoms with Crippen molar-refractivity contribution in [3.63, 3.8) is 0 Å². The van der Waals surface area contributed by atoms with Crippen LogP contribution in [-0.4, -0.2) is 20.7 Å². The highest BCUT2D eigenvalue weighted by Crippen LogP contribution is 2.31. The van der Waals surface area contributed by atoms with Crippen molar-refractivity contribution in [1.29, 1.82) is 0 Å². The lowest BCUT2D eigenvalue weighted by Gasteiger charge is -1.96. The van der Waals surface area contributed by atoms with Gasteiger partial charge in [0.05, 0.1) is 10.5 Å². The number of carbonyl (C=O) groups is 1. The molecule has 0 N–H and O–H groups in total. The Labute approximate surface area is 112 Å². The number of nitro groups is 1. The molecule has 0 saturated carbocycles. The molecular weight excluding hydrogens is 272 g/mol. The highest BCUT2D eigenvalue weighted by atomic mass is 32.2. The summed E-state index contributed by atoms with van der Waals surface area (Å²) in [5.41, 5.74) is 0.604. The zero-order chi connectivity index (χ0) is 13.1. The maximum atomic E-state index is 11.6. The molecule has 7 heteroatoms. The fourth-order valence-corrected chi connectivity index (χ4v) is 2.66. The van der Waals surface area contributed by atoms with Gasteiger partial charge in [-0.25, -0.2) is 4.99 Å². The third-order valence-corrected chi connectivity index (χ3v) is 4.05. The lowest BCUT2D eigenvalue weighted by molar-refractivity contribution is -0.385. The molecule has 0 atom stereocenters. The molecule has 92 valence electrons. The standard InChI is InChI=1S/C11H8N2O3S2/c1-17-11-12-8(10(14)18-11)6-7-4-2-3-5-9(7)13(15)16/h2-6H,1H3/b8-6+. The van der Waals surface area contributed by atoms with Crippen LogP contribution in [0.2, 0.25) is 0 Å². The molecule has 1 aromatic rings. The van der Waals surface area contributed by atoms with Crippen LogP contribution in [0.15, 0.2) is 35.0 Å². The van der Waals surface area contributed by atoms with Gasteiger partial charge in [0.25, 0.3) is 5.69 Å². The number of rotatable bonds is 2. The average molecular weight is 280 g/mol. The average Bonchev–Trinajstić information content (AvgIpc) is 2.71. The Bertz CT molecular complexity index is 581. The predicted molar refractivity (Wildman–Crippen MR) is 74.6 cm³/mol. The molecule has 5 nitrogen and oxygen atoms in total. The third kappa shape index (κ3) is 2.62. The van der Waals surface area contributed by atoms with Crippen molar-refractivity contribution < 1.29 is 9.72 Å². The van der Waals surface area contributed by atoms with Crippen LogP contribution in [0.4, 0.5) is 5.69 Å². The summed E-state index contributed by atoms with van der Waals surface area (Å²) in [7, 11) is 0. The van der Waals surface area contributed by atoms with Gasteiger partial charge >= 0.3 is 0 Å². The first-order valence-corrected chi connectivity index (χ1v) is 6.96.